The number of alkyl carbamates (subject to hydrolysis) is 1. The zero-order valence-electron chi connectivity index (χ0n) is 35.5. The lowest BCUT2D eigenvalue weighted by Gasteiger charge is -2.35. The molecule has 0 radical (unpaired) electrons. The Morgan fingerprint density at radius 2 is 1.75 bits per heavy atom. The first-order valence-corrected chi connectivity index (χ1v) is 22.7. The molecule has 14 nitrogen and oxygen atoms in total. The molecule has 0 spiro atoms. The van der Waals surface area contributed by atoms with Gasteiger partial charge in [0.05, 0.1) is 25.3 Å². The summed E-state index contributed by atoms with van der Waals surface area (Å²) >= 11 is 7.12. The summed E-state index contributed by atoms with van der Waals surface area (Å²) in [7, 11) is 0. The number of nitrogens with one attached hydrogen (secondary N) is 2. The van der Waals surface area contributed by atoms with Gasteiger partial charge in [-0.05, 0) is 73.8 Å². The number of hydrogen-bond donors (Lipinski definition) is 3. The summed E-state index contributed by atoms with van der Waals surface area (Å²) in [6.07, 6.45) is 7.76. The Bertz CT molecular complexity index is 1940. The molecule has 0 bridgehead atoms. The number of hydrogen-bond acceptors (Lipinski definition) is 10. The average Bonchev–Trinajstić information content (AvgIpc) is 4.04. The number of aliphatic carboxylic acids is 1. The Kier molecular flexibility index (Phi) is 12.5. The first kappa shape index (κ1) is 42.8. The third-order valence-electron chi connectivity index (χ3n) is 14.0. The lowest BCUT2D eigenvalue weighted by atomic mass is 9.85. The molecular weight excluding hydrogens is 790 g/mol. The minimum Gasteiger partial charge on any atom is -0.491 e. The van der Waals surface area contributed by atoms with Crippen molar-refractivity contribution in [1.82, 2.24) is 25.4 Å². The van der Waals surface area contributed by atoms with Crippen LogP contribution in [0.5, 0.6) is 11.5 Å². The van der Waals surface area contributed by atoms with Crippen molar-refractivity contribution in [2.75, 3.05) is 46.0 Å². The van der Waals surface area contributed by atoms with Crippen LogP contribution >= 0.6 is 11.6 Å². The van der Waals surface area contributed by atoms with Gasteiger partial charge in [-0.2, -0.15) is 0 Å². The van der Waals surface area contributed by atoms with E-state index < -0.39 is 53.0 Å². The van der Waals surface area contributed by atoms with Gasteiger partial charge in [0.1, 0.15) is 53.0 Å². The minimum atomic E-state index is -1.39. The van der Waals surface area contributed by atoms with Gasteiger partial charge < -0.3 is 39.6 Å². The highest BCUT2D eigenvalue weighted by atomic mass is 35.5. The van der Waals surface area contributed by atoms with Crippen LogP contribution in [0.4, 0.5) is 4.79 Å². The highest BCUT2D eigenvalue weighted by molar-refractivity contribution is 6.36. The fourth-order valence-electron chi connectivity index (χ4n) is 10.2. The van der Waals surface area contributed by atoms with Crippen molar-refractivity contribution in [2.45, 2.75) is 134 Å². The Hall–Kier alpha value is -3.88. The van der Waals surface area contributed by atoms with Crippen molar-refractivity contribution in [3.63, 3.8) is 0 Å². The number of rotatable bonds is 14. The number of halogens is 1. The summed E-state index contributed by atoms with van der Waals surface area (Å²) < 4.78 is 24.4. The van der Waals surface area contributed by atoms with Gasteiger partial charge in [0.2, 0.25) is 11.8 Å². The molecule has 2 aromatic rings. The van der Waals surface area contributed by atoms with Gasteiger partial charge in [-0.1, -0.05) is 65.0 Å². The molecule has 2 aliphatic heterocycles. The van der Waals surface area contributed by atoms with E-state index in [-0.39, 0.29) is 30.9 Å². The highest BCUT2D eigenvalue weighted by Gasteiger charge is 2.61. The minimum absolute atomic E-state index is 0.0303. The van der Waals surface area contributed by atoms with Crippen LogP contribution in [0.25, 0.3) is 10.9 Å². The number of fused-ring (bicyclic) bond motifs is 2. The number of ether oxygens (including phenoxy) is 4. The summed E-state index contributed by atoms with van der Waals surface area (Å²) in [4.78, 5) is 63.8. The van der Waals surface area contributed by atoms with Crippen molar-refractivity contribution in [1.29, 1.82) is 0 Å². The lowest BCUT2D eigenvalue weighted by molar-refractivity contribution is -0.146. The molecule has 1 unspecified atom stereocenters. The lowest BCUT2D eigenvalue weighted by Crippen LogP contribution is -2.59. The number of pyridine rings is 1. The van der Waals surface area contributed by atoms with Crippen LogP contribution in [0.3, 0.4) is 0 Å². The van der Waals surface area contributed by atoms with E-state index in [1.807, 2.05) is 45.9 Å². The first-order valence-electron chi connectivity index (χ1n) is 22.3. The van der Waals surface area contributed by atoms with Crippen LogP contribution in [0.1, 0.15) is 110 Å². The summed E-state index contributed by atoms with van der Waals surface area (Å²) in [6.45, 7) is 11.8. The molecular formula is C45H62ClN5O9. The number of morpholine rings is 1. The van der Waals surface area contributed by atoms with Crippen LogP contribution < -0.4 is 20.1 Å². The van der Waals surface area contributed by atoms with E-state index in [2.05, 4.69) is 15.5 Å². The molecule has 1 aromatic carbocycles. The second kappa shape index (κ2) is 17.5. The summed E-state index contributed by atoms with van der Waals surface area (Å²) in [6, 6.07) is 3.62. The van der Waals surface area contributed by atoms with Crippen molar-refractivity contribution >= 4 is 46.4 Å². The molecule has 3 amide bonds. The Labute approximate surface area is 357 Å². The van der Waals surface area contributed by atoms with Crippen LogP contribution in [0.15, 0.2) is 18.2 Å². The van der Waals surface area contributed by atoms with Crippen molar-refractivity contribution in [3.8, 4) is 11.5 Å². The fraction of sp³-hybridized carbons (Fsp3) is 0.711. The number of carboxylic acid groups (broad SMARTS) is 1. The van der Waals surface area contributed by atoms with Crippen molar-refractivity contribution in [3.05, 3.63) is 28.9 Å². The Morgan fingerprint density at radius 1 is 1.02 bits per heavy atom. The molecule has 2 saturated heterocycles. The topological polar surface area (TPSA) is 169 Å². The molecule has 328 valence electrons. The van der Waals surface area contributed by atoms with E-state index in [4.69, 9.17) is 35.5 Å². The van der Waals surface area contributed by atoms with Gasteiger partial charge in [-0.25, -0.2) is 9.59 Å². The van der Waals surface area contributed by atoms with Gasteiger partial charge in [-0.3, -0.25) is 19.5 Å². The van der Waals surface area contributed by atoms with Gasteiger partial charge >= 0.3 is 12.1 Å². The smallest absolute Gasteiger partial charge is 0.408 e. The monoisotopic (exact) mass is 851 g/mol. The van der Waals surface area contributed by atoms with E-state index >= 15 is 0 Å². The number of nitrogens with zero attached hydrogens (tertiary/aromatic N) is 3. The maximum atomic E-state index is 14.8. The Balaban J connectivity index is 1.07. The summed E-state index contributed by atoms with van der Waals surface area (Å²) in [5, 5.41) is 17.0. The standard InChI is InChI=1S/C45H62ClN5O9/c1-5-29-24-45(29,42(54)55)49-40(52)34-22-31(25-51(34)41(53)39(44(2,3)4)48-43(56)60-30-20-27-19-28(27)21-30)59-36-23-33(26-9-7-6-8-10-26)47-38-32(36)11-12-35(37(38)46)58-18-15-50-13-16-57-17-14-50/h11-12,23,26-31,34,39H,5-10,13-22,24-25H2,1-4H3,(H,48,56)(H,49,52)(H,54,55)/t27-,28+,29-,30?,31-,34+,39-,45-/m1/s1. The quantitative estimate of drug-likeness (QED) is 0.195. The summed E-state index contributed by atoms with van der Waals surface area (Å²) in [5.41, 5.74) is -0.698. The predicted molar refractivity (Wildman–Crippen MR) is 224 cm³/mol. The number of benzene rings is 1. The highest BCUT2D eigenvalue weighted by Crippen LogP contribution is 2.52. The van der Waals surface area contributed by atoms with Crippen LogP contribution in [0, 0.1) is 23.2 Å². The average molecular weight is 852 g/mol. The number of amides is 3. The predicted octanol–water partition coefficient (Wildman–Crippen LogP) is 6.30. The number of carbonyl (C=O) groups is 4. The zero-order valence-corrected chi connectivity index (χ0v) is 36.3. The van der Waals surface area contributed by atoms with E-state index in [9.17, 15) is 24.3 Å². The number of carbonyl (C=O) groups excluding carboxylic acids is 3. The third kappa shape index (κ3) is 9.16. The first-order chi connectivity index (χ1) is 28.7. The molecule has 4 saturated carbocycles. The molecule has 15 heteroatoms. The summed E-state index contributed by atoms with van der Waals surface area (Å²) in [5.74, 6) is 0.207. The van der Waals surface area contributed by atoms with E-state index in [1.54, 1.807) is 0 Å². The molecule has 1 aromatic heterocycles. The maximum absolute atomic E-state index is 14.8. The molecule has 8 rings (SSSR count). The van der Waals surface area contributed by atoms with Crippen molar-refractivity contribution in [2.24, 2.45) is 23.2 Å². The number of likely N-dealkylation sites (tertiary alicyclic amines) is 1. The number of aromatic nitrogens is 1. The second-order valence-electron chi connectivity index (χ2n) is 19.2. The van der Waals surface area contributed by atoms with Crippen LogP contribution in [-0.2, 0) is 23.9 Å². The van der Waals surface area contributed by atoms with Gasteiger partial charge in [0.25, 0.3) is 0 Å². The zero-order chi connectivity index (χ0) is 42.3. The maximum Gasteiger partial charge on any atom is 0.408 e. The molecule has 3 N–H and O–H groups in total. The molecule has 8 atom stereocenters. The van der Waals surface area contributed by atoms with Crippen LogP contribution in [0.2, 0.25) is 5.02 Å². The van der Waals surface area contributed by atoms with E-state index in [1.165, 1.54) is 17.7 Å². The van der Waals surface area contributed by atoms with Gasteiger partial charge in [0.15, 0.2) is 0 Å². The molecule has 3 heterocycles. The third-order valence-corrected chi connectivity index (χ3v) is 14.3. The second-order valence-corrected chi connectivity index (χ2v) is 19.6. The SMILES string of the molecule is CC[C@@H]1C[C@]1(NC(=O)[C@@H]1C[C@@H](Oc2cc(C3CCCCC3)nc3c(Cl)c(OCCN4CCOCC4)ccc23)CN1C(=O)[C@@H](NC(=O)OC1C[C@@H]2C[C@@H]2C1)C(C)(C)C)C(=O)O. The van der Waals surface area contributed by atoms with Crippen molar-refractivity contribution < 1.29 is 43.2 Å². The molecule has 6 fully saturated rings. The molecule has 60 heavy (non-hydrogen) atoms. The van der Waals surface area contributed by atoms with E-state index in [0.29, 0.717) is 71.9 Å². The van der Waals surface area contributed by atoms with E-state index in [0.717, 1.165) is 63.9 Å². The Morgan fingerprint density at radius 3 is 2.42 bits per heavy atom. The van der Waals surface area contributed by atoms with Gasteiger partial charge in [0, 0.05) is 49.1 Å². The number of carboxylic acids is 1. The fourth-order valence-corrected chi connectivity index (χ4v) is 10.4. The molecule has 6 aliphatic rings. The molecule has 4 aliphatic carbocycles. The largest absolute Gasteiger partial charge is 0.491 e. The normalized spacial score (nSPS) is 29.7. The van der Waals surface area contributed by atoms with Crippen LogP contribution in [-0.4, -0.2) is 120 Å². The van der Waals surface area contributed by atoms with Gasteiger partial charge in [-0.15, -0.1) is 0 Å².